The molecule has 5 nitrogen and oxygen atoms in total. The number of nitrogens with zero attached hydrogens (tertiary/aromatic N) is 4. The zero-order chi connectivity index (χ0) is 16.2. The fourth-order valence-electron chi connectivity index (χ4n) is 3.21. The molecule has 0 saturated heterocycles. The summed E-state index contributed by atoms with van der Waals surface area (Å²) in [5.74, 6) is 0.900. The van der Waals surface area contributed by atoms with Gasteiger partial charge in [-0.2, -0.15) is 4.68 Å². The van der Waals surface area contributed by atoms with Crippen LogP contribution in [-0.2, 0) is 24.2 Å². The van der Waals surface area contributed by atoms with Crippen molar-refractivity contribution in [3.63, 3.8) is 0 Å². The Morgan fingerprint density at radius 1 is 1.00 bits per heavy atom. The van der Waals surface area contributed by atoms with Crippen LogP contribution in [0.15, 0.2) is 54.6 Å². The van der Waals surface area contributed by atoms with Crippen molar-refractivity contribution in [1.82, 2.24) is 20.2 Å². The topological polar surface area (TPSA) is 52.8 Å². The van der Waals surface area contributed by atoms with E-state index >= 15 is 0 Å². The van der Waals surface area contributed by atoms with Crippen molar-refractivity contribution < 1.29 is 4.74 Å². The molecule has 2 aromatic carbocycles. The Labute approximate surface area is 141 Å². The van der Waals surface area contributed by atoms with Gasteiger partial charge in [0.2, 0.25) is 0 Å². The molecule has 1 aliphatic rings. The second-order valence-corrected chi connectivity index (χ2v) is 6.14. The van der Waals surface area contributed by atoms with Crippen LogP contribution in [0.4, 0.5) is 0 Å². The van der Waals surface area contributed by atoms with E-state index in [1.165, 1.54) is 11.1 Å². The molecule has 0 amide bonds. The molecule has 4 rings (SSSR count). The van der Waals surface area contributed by atoms with Crippen molar-refractivity contribution in [3.8, 4) is 5.69 Å². The third kappa shape index (κ3) is 3.21. The van der Waals surface area contributed by atoms with Gasteiger partial charge in [0.15, 0.2) is 5.82 Å². The van der Waals surface area contributed by atoms with Crippen molar-refractivity contribution in [3.05, 3.63) is 71.5 Å². The number of rotatable bonds is 5. The van der Waals surface area contributed by atoms with Crippen LogP contribution in [0.1, 0.15) is 29.8 Å². The van der Waals surface area contributed by atoms with Crippen LogP contribution in [0.25, 0.3) is 5.69 Å². The molecule has 0 aliphatic carbocycles. The summed E-state index contributed by atoms with van der Waals surface area (Å²) >= 11 is 0. The molecule has 5 heteroatoms. The highest BCUT2D eigenvalue weighted by Crippen LogP contribution is 2.23. The Balaban J connectivity index is 1.35. The quantitative estimate of drug-likeness (QED) is 0.725. The largest absolute Gasteiger partial charge is 0.373 e. The molecule has 122 valence electrons. The highest BCUT2D eigenvalue weighted by atomic mass is 16.5. The number of aryl methyl sites for hydroxylation is 1. The highest BCUT2D eigenvalue weighted by Gasteiger charge is 2.18. The molecule has 0 saturated carbocycles. The van der Waals surface area contributed by atoms with Crippen LogP contribution >= 0.6 is 0 Å². The summed E-state index contributed by atoms with van der Waals surface area (Å²) in [6, 6.07) is 18.6. The summed E-state index contributed by atoms with van der Waals surface area (Å²) in [5, 5.41) is 12.1. The van der Waals surface area contributed by atoms with Gasteiger partial charge >= 0.3 is 0 Å². The molecular formula is C19H20N4O. The molecule has 1 unspecified atom stereocenters. The second kappa shape index (κ2) is 6.93. The van der Waals surface area contributed by atoms with Crippen LogP contribution < -0.4 is 0 Å². The van der Waals surface area contributed by atoms with Gasteiger partial charge < -0.3 is 4.74 Å². The number of hydrogen-bond acceptors (Lipinski definition) is 4. The van der Waals surface area contributed by atoms with E-state index in [-0.39, 0.29) is 0 Å². The Kier molecular flexibility index (Phi) is 4.34. The normalized spacial score (nSPS) is 16.8. The van der Waals surface area contributed by atoms with Crippen LogP contribution in [-0.4, -0.2) is 26.3 Å². The van der Waals surface area contributed by atoms with Crippen molar-refractivity contribution in [1.29, 1.82) is 0 Å². The fourth-order valence-corrected chi connectivity index (χ4v) is 3.21. The van der Waals surface area contributed by atoms with Crippen molar-refractivity contribution >= 4 is 0 Å². The van der Waals surface area contributed by atoms with Gasteiger partial charge in [0, 0.05) is 6.42 Å². The smallest absolute Gasteiger partial charge is 0.156 e. The highest BCUT2D eigenvalue weighted by molar-refractivity contribution is 5.30. The Hall–Kier alpha value is -2.53. The standard InChI is InChI=1S/C19H20N4O/c1-2-9-17(10-3-1)23-19(20-21-22-23)12-6-11-18-13-15-7-4-5-8-16(15)14-24-18/h1-5,7-10,18H,6,11-14H2. The van der Waals surface area contributed by atoms with E-state index in [4.69, 9.17) is 4.74 Å². The lowest BCUT2D eigenvalue weighted by Gasteiger charge is -2.25. The predicted molar refractivity (Wildman–Crippen MR) is 90.8 cm³/mol. The van der Waals surface area contributed by atoms with Crippen LogP contribution in [0.2, 0.25) is 0 Å². The molecule has 1 aromatic heterocycles. The van der Waals surface area contributed by atoms with Crippen LogP contribution in [0.5, 0.6) is 0 Å². The molecule has 0 bridgehead atoms. The van der Waals surface area contributed by atoms with Gasteiger partial charge in [-0.25, -0.2) is 0 Å². The number of aromatic nitrogens is 4. The van der Waals surface area contributed by atoms with Crippen molar-refractivity contribution in [2.45, 2.75) is 38.4 Å². The first-order chi connectivity index (χ1) is 11.9. The minimum Gasteiger partial charge on any atom is -0.373 e. The Morgan fingerprint density at radius 3 is 2.67 bits per heavy atom. The van der Waals surface area contributed by atoms with Crippen molar-refractivity contribution in [2.75, 3.05) is 0 Å². The minimum atomic E-state index is 0.293. The maximum atomic E-state index is 5.98. The summed E-state index contributed by atoms with van der Waals surface area (Å²) in [7, 11) is 0. The van der Waals surface area contributed by atoms with Gasteiger partial charge in [-0.3, -0.25) is 0 Å². The summed E-state index contributed by atoms with van der Waals surface area (Å²) in [6.07, 6.45) is 4.18. The monoisotopic (exact) mass is 320 g/mol. The number of fused-ring (bicyclic) bond motifs is 1. The van der Waals surface area contributed by atoms with Gasteiger partial charge in [0.25, 0.3) is 0 Å². The molecule has 0 N–H and O–H groups in total. The maximum Gasteiger partial charge on any atom is 0.156 e. The Morgan fingerprint density at radius 2 is 1.79 bits per heavy atom. The van der Waals surface area contributed by atoms with Crippen LogP contribution in [0.3, 0.4) is 0 Å². The minimum absolute atomic E-state index is 0.293. The molecule has 0 radical (unpaired) electrons. The average Bonchev–Trinajstić information content (AvgIpc) is 3.11. The lowest BCUT2D eigenvalue weighted by Crippen LogP contribution is -2.22. The third-order valence-electron chi connectivity index (χ3n) is 4.50. The number of hydrogen-bond donors (Lipinski definition) is 0. The van der Waals surface area contributed by atoms with Gasteiger partial charge in [-0.15, -0.1) is 5.10 Å². The van der Waals surface area contributed by atoms with E-state index in [2.05, 4.69) is 39.8 Å². The molecule has 1 atom stereocenters. The number of tetrazole rings is 1. The number of para-hydroxylation sites is 1. The molecule has 2 heterocycles. The molecule has 24 heavy (non-hydrogen) atoms. The fraction of sp³-hybridized carbons (Fsp3) is 0.316. The average molecular weight is 320 g/mol. The van der Waals surface area contributed by atoms with Crippen molar-refractivity contribution in [2.24, 2.45) is 0 Å². The lowest BCUT2D eigenvalue weighted by atomic mass is 9.96. The zero-order valence-corrected chi connectivity index (χ0v) is 13.5. The van der Waals surface area contributed by atoms with Gasteiger partial charge in [-0.1, -0.05) is 42.5 Å². The van der Waals surface area contributed by atoms with E-state index < -0.39 is 0 Å². The van der Waals surface area contributed by atoms with E-state index in [9.17, 15) is 0 Å². The molecule has 3 aromatic rings. The first kappa shape index (κ1) is 15.0. The first-order valence-electron chi connectivity index (χ1n) is 8.41. The SMILES string of the molecule is c1ccc(-n2nnnc2CCCC2Cc3ccccc3CO2)cc1. The summed E-state index contributed by atoms with van der Waals surface area (Å²) in [5.41, 5.74) is 3.74. The van der Waals surface area contributed by atoms with E-state index in [1.807, 2.05) is 35.0 Å². The predicted octanol–water partition coefficient (Wildman–Crippen LogP) is 3.13. The van der Waals surface area contributed by atoms with Crippen LogP contribution in [0, 0.1) is 0 Å². The molecule has 0 spiro atoms. The van der Waals surface area contributed by atoms with E-state index in [0.717, 1.165) is 43.8 Å². The molecule has 0 fully saturated rings. The summed E-state index contributed by atoms with van der Waals surface area (Å²) < 4.78 is 7.80. The second-order valence-electron chi connectivity index (χ2n) is 6.14. The Bertz CT molecular complexity index is 800. The van der Waals surface area contributed by atoms with Gasteiger partial charge in [-0.05, 0) is 52.9 Å². The molecular weight excluding hydrogens is 300 g/mol. The zero-order valence-electron chi connectivity index (χ0n) is 13.5. The number of benzene rings is 2. The van der Waals surface area contributed by atoms with E-state index in [1.54, 1.807) is 0 Å². The van der Waals surface area contributed by atoms with Gasteiger partial charge in [0.05, 0.1) is 18.4 Å². The third-order valence-corrected chi connectivity index (χ3v) is 4.50. The number of ether oxygens (including phenoxy) is 1. The lowest BCUT2D eigenvalue weighted by molar-refractivity contribution is 0.0220. The molecule has 1 aliphatic heterocycles. The summed E-state index contributed by atoms with van der Waals surface area (Å²) in [6.45, 7) is 0.725. The summed E-state index contributed by atoms with van der Waals surface area (Å²) in [4.78, 5) is 0. The van der Waals surface area contributed by atoms with Gasteiger partial charge in [0.1, 0.15) is 0 Å². The first-order valence-corrected chi connectivity index (χ1v) is 8.41. The van der Waals surface area contributed by atoms with E-state index in [0.29, 0.717) is 6.10 Å². The maximum absolute atomic E-state index is 5.98.